The Balaban J connectivity index is 1.48. The van der Waals surface area contributed by atoms with Crippen LogP contribution in [0.15, 0.2) is 131 Å². The number of carbonyl (C=O) groups is 2. The highest BCUT2D eigenvalue weighted by molar-refractivity contribution is 7.99. The van der Waals surface area contributed by atoms with Gasteiger partial charge in [-0.05, 0) is 58.4 Å². The van der Waals surface area contributed by atoms with Gasteiger partial charge in [0.25, 0.3) is 8.32 Å². The minimum absolute atomic E-state index is 0.00613. The summed E-state index contributed by atoms with van der Waals surface area (Å²) in [7, 11) is -7.42. The molecule has 0 unspecified atom stereocenters. The van der Waals surface area contributed by atoms with Crippen molar-refractivity contribution in [1.29, 1.82) is 0 Å². The van der Waals surface area contributed by atoms with Gasteiger partial charge in [-0.3, -0.25) is 9.59 Å². The minimum atomic E-state index is -4.09. The second-order valence-corrected chi connectivity index (χ2v) is 25.2. The van der Waals surface area contributed by atoms with E-state index in [-0.39, 0.29) is 37.4 Å². The second kappa shape index (κ2) is 19.1. The van der Waals surface area contributed by atoms with E-state index in [1.165, 1.54) is 18.2 Å². The van der Waals surface area contributed by atoms with Gasteiger partial charge in [-0.2, -0.15) is 4.31 Å². The molecule has 1 saturated carbocycles. The molecule has 7 rings (SSSR count). The van der Waals surface area contributed by atoms with E-state index in [2.05, 4.69) is 50.4 Å². The molecule has 4 aromatic rings. The highest BCUT2D eigenvalue weighted by atomic mass is 32.2. The number of hydrogen-bond acceptors (Lipinski definition) is 10. The molecule has 0 aromatic heterocycles. The van der Waals surface area contributed by atoms with E-state index in [9.17, 15) is 23.1 Å². The van der Waals surface area contributed by atoms with E-state index in [0.29, 0.717) is 25.4 Å². The first-order chi connectivity index (χ1) is 29.6. The Morgan fingerprint density at radius 1 is 0.871 bits per heavy atom. The molecule has 332 valence electrons. The van der Waals surface area contributed by atoms with Crippen LogP contribution < -0.4 is 15.7 Å². The van der Waals surface area contributed by atoms with E-state index in [1.54, 1.807) is 42.1 Å². The number of benzene rings is 4. The zero-order valence-corrected chi connectivity index (χ0v) is 38.9. The number of amides is 1. The number of carbonyl (C=O) groups excluding carboxylic acids is 2. The molecule has 2 N–H and O–H groups in total. The lowest BCUT2D eigenvalue weighted by Gasteiger charge is -2.64. The molecule has 2 saturated heterocycles. The van der Waals surface area contributed by atoms with E-state index >= 15 is 0 Å². The summed E-state index contributed by atoms with van der Waals surface area (Å²) in [5, 5.41) is 18.6. The molecule has 3 aliphatic rings. The molecule has 62 heavy (non-hydrogen) atoms. The Morgan fingerprint density at radius 2 is 1.42 bits per heavy atom. The van der Waals surface area contributed by atoms with Crippen LogP contribution >= 0.6 is 11.8 Å². The monoisotopic (exact) mass is 900 g/mol. The Morgan fingerprint density at radius 3 is 1.95 bits per heavy atom. The van der Waals surface area contributed by atoms with E-state index < -0.39 is 76.5 Å². The van der Waals surface area contributed by atoms with Crippen LogP contribution in [0, 0.1) is 17.3 Å². The summed E-state index contributed by atoms with van der Waals surface area (Å²) in [6.45, 7) is 10.1. The SMILES string of the molecule is CC(=O)N[C@H]1[C@](O)(CCC2OCCO2)[C@H](OC(C)=O)[C@H](CSc2ccccc2)[C@@H]2CCN(S(=O)(=O)c3ccccc3)C[C@@]21CO[Si](c1ccccc1)(c1ccccc1)C(C)(C)C. The fourth-order valence-corrected chi connectivity index (χ4v) is 17.8. The third kappa shape index (κ3) is 9.21. The fraction of sp³-hybridized carbons (Fsp3) is 0.458. The topological polar surface area (TPSA) is 141 Å². The molecule has 0 spiro atoms. The molecule has 3 fully saturated rings. The smallest absolute Gasteiger partial charge is 0.303 e. The van der Waals surface area contributed by atoms with E-state index in [1.807, 2.05) is 66.7 Å². The molecule has 1 amide bonds. The molecule has 0 bridgehead atoms. The average Bonchev–Trinajstić information content (AvgIpc) is 3.79. The fourth-order valence-electron chi connectivity index (χ4n) is 10.4. The second-order valence-electron chi connectivity index (χ2n) is 17.9. The summed E-state index contributed by atoms with van der Waals surface area (Å²) < 4.78 is 57.1. The quantitative estimate of drug-likeness (QED) is 0.0830. The van der Waals surface area contributed by atoms with Crippen LogP contribution in [0.2, 0.25) is 5.04 Å². The Hall–Kier alpha value is -3.86. The molecule has 1 aliphatic carbocycles. The summed E-state index contributed by atoms with van der Waals surface area (Å²) in [4.78, 5) is 28.2. The predicted molar refractivity (Wildman–Crippen MR) is 243 cm³/mol. The molecule has 4 aromatic carbocycles. The zero-order valence-electron chi connectivity index (χ0n) is 36.3. The van der Waals surface area contributed by atoms with Crippen molar-refractivity contribution < 1.29 is 41.7 Å². The summed E-state index contributed by atoms with van der Waals surface area (Å²) >= 11 is 1.59. The number of sulfonamides is 1. The predicted octanol–water partition coefficient (Wildman–Crippen LogP) is 6.00. The van der Waals surface area contributed by atoms with Gasteiger partial charge in [0.1, 0.15) is 11.7 Å². The van der Waals surface area contributed by atoms with E-state index in [4.69, 9.17) is 18.6 Å². The first-order valence-electron chi connectivity index (χ1n) is 21.5. The lowest BCUT2D eigenvalue weighted by atomic mass is 9.50. The zero-order chi connectivity index (χ0) is 44.2. The van der Waals surface area contributed by atoms with Gasteiger partial charge >= 0.3 is 5.97 Å². The van der Waals surface area contributed by atoms with Crippen molar-refractivity contribution in [1.82, 2.24) is 9.62 Å². The van der Waals surface area contributed by atoms with Crippen molar-refractivity contribution >= 4 is 52.4 Å². The molecule has 2 heterocycles. The average molecular weight is 901 g/mol. The van der Waals surface area contributed by atoms with Gasteiger partial charge in [0, 0.05) is 61.9 Å². The van der Waals surface area contributed by atoms with Crippen LogP contribution in [0.3, 0.4) is 0 Å². The van der Waals surface area contributed by atoms with Crippen molar-refractivity contribution in [2.24, 2.45) is 17.3 Å². The van der Waals surface area contributed by atoms with Gasteiger partial charge in [0.05, 0.1) is 24.2 Å². The van der Waals surface area contributed by atoms with Gasteiger partial charge in [-0.1, -0.05) is 118 Å². The molecule has 0 radical (unpaired) electrons. The van der Waals surface area contributed by atoms with Crippen LogP contribution in [0.25, 0.3) is 0 Å². The van der Waals surface area contributed by atoms with Gasteiger partial charge < -0.3 is 29.1 Å². The summed E-state index contributed by atoms with van der Waals surface area (Å²) in [6.07, 6.45) is -1.15. The Bertz CT molecular complexity index is 2190. The number of rotatable bonds is 15. The van der Waals surface area contributed by atoms with Crippen molar-refractivity contribution in [2.75, 3.05) is 38.7 Å². The van der Waals surface area contributed by atoms with Gasteiger partial charge in [-0.15, -0.1) is 11.8 Å². The maximum Gasteiger partial charge on any atom is 0.303 e. The van der Waals surface area contributed by atoms with Crippen LogP contribution in [-0.4, -0.2) is 101 Å². The van der Waals surface area contributed by atoms with Gasteiger partial charge in [0.15, 0.2) is 6.29 Å². The van der Waals surface area contributed by atoms with Crippen LogP contribution in [0.4, 0.5) is 0 Å². The van der Waals surface area contributed by atoms with Gasteiger partial charge in [0.2, 0.25) is 15.9 Å². The maximum absolute atomic E-state index is 14.8. The first kappa shape index (κ1) is 46.1. The molecular weight excluding hydrogens is 841 g/mol. The molecule has 6 atom stereocenters. The maximum atomic E-state index is 14.8. The van der Waals surface area contributed by atoms with E-state index in [0.717, 1.165) is 15.3 Å². The van der Waals surface area contributed by atoms with Crippen LogP contribution in [-0.2, 0) is 38.2 Å². The van der Waals surface area contributed by atoms with Crippen molar-refractivity contribution in [3.63, 3.8) is 0 Å². The Labute approximate surface area is 372 Å². The van der Waals surface area contributed by atoms with Crippen LogP contribution in [0.1, 0.15) is 53.9 Å². The Kier molecular flexibility index (Phi) is 14.2. The normalized spacial score (nSPS) is 26.1. The number of aliphatic hydroxyl groups is 1. The number of esters is 1. The number of hydrogen-bond donors (Lipinski definition) is 2. The van der Waals surface area contributed by atoms with Crippen molar-refractivity contribution in [3.05, 3.63) is 121 Å². The van der Waals surface area contributed by atoms with Crippen molar-refractivity contribution in [3.8, 4) is 0 Å². The summed E-state index contributed by atoms with van der Waals surface area (Å²) in [5.41, 5.74) is -3.22. The summed E-state index contributed by atoms with van der Waals surface area (Å²) in [6, 6.07) is 37.5. The van der Waals surface area contributed by atoms with Crippen LogP contribution in [0.5, 0.6) is 0 Å². The molecular formula is C48H60N2O9S2Si. The van der Waals surface area contributed by atoms with Crippen molar-refractivity contribution in [2.45, 2.75) is 92.7 Å². The third-order valence-corrected chi connectivity index (χ3v) is 21.0. The highest BCUT2D eigenvalue weighted by Gasteiger charge is 2.69. The summed E-state index contributed by atoms with van der Waals surface area (Å²) in [5.74, 6) is -1.51. The lowest BCUT2D eigenvalue weighted by molar-refractivity contribution is -0.238. The number of piperidine rings is 1. The number of fused-ring (bicyclic) bond motifs is 1. The molecule has 11 nitrogen and oxygen atoms in total. The largest absolute Gasteiger partial charge is 0.459 e. The molecule has 2 aliphatic heterocycles. The minimum Gasteiger partial charge on any atom is -0.459 e. The number of nitrogens with one attached hydrogen (secondary N) is 1. The highest BCUT2D eigenvalue weighted by Crippen LogP contribution is 2.57. The van der Waals surface area contributed by atoms with Gasteiger partial charge in [-0.25, -0.2) is 8.42 Å². The number of ether oxygens (including phenoxy) is 3. The number of thioether (sulfide) groups is 1. The third-order valence-electron chi connectivity index (χ3n) is 13.0. The lowest BCUT2D eigenvalue weighted by Crippen LogP contribution is -2.79. The molecule has 14 heteroatoms. The first-order valence-corrected chi connectivity index (χ1v) is 25.8. The standard InChI is InChI=1S/C48H60N2O9S2Si/c1-35(51)49-45-47(34-58-62(46(3,4)5,39-22-14-8-15-23-39)40-24-16-9-17-25-40)33-50(61(54,55)38-20-12-7-13-21-38)29-27-42(47)41(32-60-37-18-10-6-11-19-37)44(59-36(2)52)48(45,53)28-26-43-56-30-31-57-43/h6-25,41-45,53H,26-34H2,1-5H3,(H,49,51)/t41-,42+,44-,45-,47-,48+/m1/s1. The number of nitrogens with zero attached hydrogens (tertiary/aromatic N) is 1.